The van der Waals surface area contributed by atoms with Gasteiger partial charge in [-0.3, -0.25) is 0 Å². The molecule has 0 radical (unpaired) electrons. The molecule has 2 rings (SSSR count). The van der Waals surface area contributed by atoms with Crippen LogP contribution in [0.3, 0.4) is 0 Å². The van der Waals surface area contributed by atoms with E-state index in [2.05, 4.69) is 27.7 Å². The molecule has 1 aromatic heterocycles. The Morgan fingerprint density at radius 3 is 2.10 bits per heavy atom. The zero-order valence-corrected chi connectivity index (χ0v) is 13.4. The number of rotatable bonds is 4. The predicted octanol–water partition coefficient (Wildman–Crippen LogP) is 3.84. The highest BCUT2D eigenvalue weighted by Gasteiger charge is 2.24. The second-order valence-corrected chi connectivity index (χ2v) is 6.43. The van der Waals surface area contributed by atoms with Crippen LogP contribution >= 0.6 is 0 Å². The molecule has 1 heterocycles. The molecule has 3 heteroatoms. The summed E-state index contributed by atoms with van der Waals surface area (Å²) in [7, 11) is 0. The lowest BCUT2D eigenvalue weighted by atomic mass is 9.80. The number of aromatic nitrogens is 2. The lowest BCUT2D eigenvalue weighted by molar-refractivity contribution is 0.311. The zero-order chi connectivity index (χ0) is 14.7. The summed E-state index contributed by atoms with van der Waals surface area (Å²) in [6.07, 6.45) is 6.50. The lowest BCUT2D eigenvalue weighted by Gasteiger charge is -2.27. The van der Waals surface area contributed by atoms with Gasteiger partial charge in [0, 0.05) is 17.3 Å². The van der Waals surface area contributed by atoms with Crippen LogP contribution < -0.4 is 5.73 Å². The van der Waals surface area contributed by atoms with Gasteiger partial charge in [-0.25, -0.2) is 9.97 Å². The Kier molecular flexibility index (Phi) is 5.14. The van der Waals surface area contributed by atoms with E-state index in [1.165, 1.54) is 37.7 Å². The quantitative estimate of drug-likeness (QED) is 0.908. The van der Waals surface area contributed by atoms with E-state index in [4.69, 9.17) is 15.7 Å². The third kappa shape index (κ3) is 3.20. The van der Waals surface area contributed by atoms with Gasteiger partial charge in [0.25, 0.3) is 0 Å². The van der Waals surface area contributed by atoms with Gasteiger partial charge in [0.2, 0.25) is 0 Å². The van der Waals surface area contributed by atoms with Crippen molar-refractivity contribution in [3.05, 3.63) is 22.8 Å². The van der Waals surface area contributed by atoms with Gasteiger partial charge in [-0.1, -0.05) is 20.3 Å². The zero-order valence-electron chi connectivity index (χ0n) is 13.4. The monoisotopic (exact) mass is 275 g/mol. The van der Waals surface area contributed by atoms with Crippen molar-refractivity contribution >= 4 is 0 Å². The first-order chi connectivity index (χ1) is 9.56. The molecule has 20 heavy (non-hydrogen) atoms. The molecule has 1 fully saturated rings. The molecule has 1 atom stereocenters. The third-order valence-electron chi connectivity index (χ3n) is 4.98. The van der Waals surface area contributed by atoms with Crippen LogP contribution in [0.5, 0.6) is 0 Å². The van der Waals surface area contributed by atoms with Crippen LogP contribution in [0.25, 0.3) is 0 Å². The summed E-state index contributed by atoms with van der Waals surface area (Å²) in [5, 5.41) is 0. The second kappa shape index (κ2) is 6.66. The van der Waals surface area contributed by atoms with E-state index in [9.17, 15) is 0 Å². The van der Waals surface area contributed by atoms with Crippen molar-refractivity contribution in [2.24, 2.45) is 11.7 Å². The van der Waals surface area contributed by atoms with Crippen LogP contribution in [0.15, 0.2) is 0 Å². The summed E-state index contributed by atoms with van der Waals surface area (Å²) in [4.78, 5) is 9.62. The molecule has 0 spiro atoms. The maximum absolute atomic E-state index is 5.80. The summed E-state index contributed by atoms with van der Waals surface area (Å²) >= 11 is 0. The van der Waals surface area contributed by atoms with Crippen molar-refractivity contribution in [3.8, 4) is 0 Å². The molecule has 0 bridgehead atoms. The summed E-state index contributed by atoms with van der Waals surface area (Å²) in [6, 6.07) is 0. The maximum atomic E-state index is 5.80. The summed E-state index contributed by atoms with van der Waals surface area (Å²) in [6.45, 7) is 9.34. The number of nitrogens with zero attached hydrogens (tertiary/aromatic N) is 2. The van der Waals surface area contributed by atoms with Crippen molar-refractivity contribution in [2.45, 2.75) is 71.6 Å². The van der Waals surface area contributed by atoms with E-state index < -0.39 is 0 Å². The van der Waals surface area contributed by atoms with Gasteiger partial charge in [0.15, 0.2) is 0 Å². The van der Waals surface area contributed by atoms with Crippen molar-refractivity contribution in [2.75, 3.05) is 6.54 Å². The predicted molar refractivity (Wildman–Crippen MR) is 84.0 cm³/mol. The standard InChI is InChI=1S/C17H29N3/c1-5-14-6-8-15(9-7-14)17-19-12(3)16(11(2)10-18)13(4)20-17/h11,14-15H,5-10,18H2,1-4H3. The van der Waals surface area contributed by atoms with Gasteiger partial charge >= 0.3 is 0 Å². The topological polar surface area (TPSA) is 51.8 Å². The molecule has 2 N–H and O–H groups in total. The van der Waals surface area contributed by atoms with Gasteiger partial charge in [0.05, 0.1) is 0 Å². The minimum atomic E-state index is 0.347. The molecule has 1 saturated carbocycles. The van der Waals surface area contributed by atoms with Crippen molar-refractivity contribution < 1.29 is 0 Å². The average Bonchev–Trinajstić information content (AvgIpc) is 2.46. The van der Waals surface area contributed by atoms with Gasteiger partial charge in [-0.15, -0.1) is 0 Å². The van der Waals surface area contributed by atoms with Gasteiger partial charge in [-0.2, -0.15) is 0 Å². The van der Waals surface area contributed by atoms with Crippen LogP contribution in [0, 0.1) is 19.8 Å². The molecule has 112 valence electrons. The fraction of sp³-hybridized carbons (Fsp3) is 0.765. The fourth-order valence-corrected chi connectivity index (χ4v) is 3.59. The Labute approximate surface area is 123 Å². The third-order valence-corrected chi connectivity index (χ3v) is 4.98. The molecular formula is C17H29N3. The highest BCUT2D eigenvalue weighted by atomic mass is 14.9. The largest absolute Gasteiger partial charge is 0.330 e. The first-order valence-electron chi connectivity index (χ1n) is 8.11. The molecule has 3 nitrogen and oxygen atoms in total. The Bertz CT molecular complexity index is 425. The highest BCUT2D eigenvalue weighted by molar-refractivity contribution is 5.29. The van der Waals surface area contributed by atoms with Crippen molar-refractivity contribution in [3.63, 3.8) is 0 Å². The molecule has 1 aliphatic carbocycles. The van der Waals surface area contributed by atoms with Gasteiger partial charge in [-0.05, 0) is 63.5 Å². The Morgan fingerprint density at radius 2 is 1.65 bits per heavy atom. The number of hydrogen-bond donors (Lipinski definition) is 1. The van der Waals surface area contributed by atoms with E-state index in [-0.39, 0.29) is 0 Å². The highest BCUT2D eigenvalue weighted by Crippen LogP contribution is 2.36. The molecule has 0 aromatic carbocycles. The molecule has 0 aliphatic heterocycles. The normalized spacial score (nSPS) is 24.6. The first-order valence-corrected chi connectivity index (χ1v) is 8.11. The minimum absolute atomic E-state index is 0.347. The Morgan fingerprint density at radius 1 is 1.10 bits per heavy atom. The summed E-state index contributed by atoms with van der Waals surface area (Å²) < 4.78 is 0. The van der Waals surface area contributed by atoms with Gasteiger partial charge in [0.1, 0.15) is 5.82 Å². The van der Waals surface area contributed by atoms with E-state index in [1.54, 1.807) is 0 Å². The first kappa shape index (κ1) is 15.4. The molecule has 1 aromatic rings. The summed E-state index contributed by atoms with van der Waals surface area (Å²) in [5.41, 5.74) is 9.30. The Balaban J connectivity index is 2.18. The van der Waals surface area contributed by atoms with Crippen molar-refractivity contribution in [1.82, 2.24) is 9.97 Å². The average molecular weight is 275 g/mol. The molecule has 1 unspecified atom stereocenters. The van der Waals surface area contributed by atoms with E-state index >= 15 is 0 Å². The van der Waals surface area contributed by atoms with Crippen LogP contribution in [0.1, 0.15) is 80.6 Å². The lowest BCUT2D eigenvalue weighted by Crippen LogP contribution is -2.18. The van der Waals surface area contributed by atoms with Crippen LogP contribution in [-0.4, -0.2) is 16.5 Å². The number of hydrogen-bond acceptors (Lipinski definition) is 3. The van der Waals surface area contributed by atoms with Gasteiger partial charge < -0.3 is 5.73 Å². The van der Waals surface area contributed by atoms with Crippen molar-refractivity contribution in [1.29, 1.82) is 0 Å². The molecule has 1 aliphatic rings. The van der Waals surface area contributed by atoms with Crippen LogP contribution in [-0.2, 0) is 0 Å². The van der Waals surface area contributed by atoms with Crippen LogP contribution in [0.4, 0.5) is 0 Å². The molecule has 0 amide bonds. The smallest absolute Gasteiger partial charge is 0.131 e. The molecular weight excluding hydrogens is 246 g/mol. The minimum Gasteiger partial charge on any atom is -0.330 e. The number of aryl methyl sites for hydroxylation is 2. The van der Waals surface area contributed by atoms with E-state index in [0.717, 1.165) is 23.1 Å². The fourth-order valence-electron chi connectivity index (χ4n) is 3.59. The van der Waals surface area contributed by atoms with E-state index in [1.807, 2.05) is 0 Å². The van der Waals surface area contributed by atoms with Crippen LogP contribution in [0.2, 0.25) is 0 Å². The summed E-state index contributed by atoms with van der Waals surface area (Å²) in [5.74, 6) is 2.91. The number of nitrogens with two attached hydrogens (primary N) is 1. The van der Waals surface area contributed by atoms with E-state index in [0.29, 0.717) is 18.4 Å². The SMILES string of the molecule is CCC1CCC(c2nc(C)c(C(C)CN)c(C)n2)CC1. The molecule has 0 saturated heterocycles. The second-order valence-electron chi connectivity index (χ2n) is 6.43. The maximum Gasteiger partial charge on any atom is 0.131 e. The Hall–Kier alpha value is -0.960.